The van der Waals surface area contributed by atoms with Gasteiger partial charge in [0.05, 0.1) is 5.69 Å². The summed E-state index contributed by atoms with van der Waals surface area (Å²) >= 11 is 0. The topological polar surface area (TPSA) is 105 Å². The Kier molecular flexibility index (Phi) is 3.27. The predicted molar refractivity (Wildman–Crippen MR) is 72.1 cm³/mol. The van der Waals surface area contributed by atoms with E-state index in [1.807, 2.05) is 24.3 Å². The maximum absolute atomic E-state index is 5.65. The van der Waals surface area contributed by atoms with Crippen molar-refractivity contribution in [1.82, 2.24) is 10.2 Å². The number of nitrogens with one attached hydrogen (secondary N) is 1. The molecule has 1 aromatic carbocycles. The maximum Gasteiger partial charge on any atom is 0.175 e. The van der Waals surface area contributed by atoms with E-state index in [9.17, 15) is 0 Å². The van der Waals surface area contributed by atoms with Crippen LogP contribution in [0, 0.1) is 0 Å². The summed E-state index contributed by atoms with van der Waals surface area (Å²) in [6.45, 7) is 4.21. The third-order valence-corrected chi connectivity index (χ3v) is 2.61. The summed E-state index contributed by atoms with van der Waals surface area (Å²) < 4.78 is 0. The van der Waals surface area contributed by atoms with E-state index in [1.54, 1.807) is 0 Å². The van der Waals surface area contributed by atoms with Crippen molar-refractivity contribution in [3.63, 3.8) is 0 Å². The van der Waals surface area contributed by atoms with Gasteiger partial charge in [0.15, 0.2) is 11.5 Å². The molecule has 0 fully saturated rings. The third-order valence-electron chi connectivity index (χ3n) is 2.61. The van der Waals surface area contributed by atoms with Crippen LogP contribution in [-0.4, -0.2) is 10.2 Å². The van der Waals surface area contributed by atoms with Gasteiger partial charge in [-0.2, -0.15) is 10.2 Å². The average molecular weight is 244 g/mol. The van der Waals surface area contributed by atoms with Crippen molar-refractivity contribution in [2.75, 3.05) is 11.5 Å². The van der Waals surface area contributed by atoms with Crippen molar-refractivity contribution in [2.45, 2.75) is 19.8 Å². The minimum absolute atomic E-state index is 0.248. The molecule has 0 atom stereocenters. The molecule has 6 nitrogen and oxygen atoms in total. The molecule has 0 spiro atoms. The molecule has 1 aromatic heterocycles. The van der Waals surface area contributed by atoms with Gasteiger partial charge in [0.2, 0.25) is 0 Å². The molecule has 0 aliphatic rings. The molecule has 2 aromatic rings. The average Bonchev–Trinajstić information content (AvgIpc) is 2.67. The molecular weight excluding hydrogens is 228 g/mol. The van der Waals surface area contributed by atoms with E-state index in [2.05, 4.69) is 34.3 Å². The molecule has 1 heterocycles. The van der Waals surface area contributed by atoms with Crippen LogP contribution in [0.5, 0.6) is 0 Å². The van der Waals surface area contributed by atoms with Gasteiger partial charge in [-0.1, -0.05) is 32.0 Å². The monoisotopic (exact) mass is 244 g/mol. The van der Waals surface area contributed by atoms with Crippen LogP contribution in [0.25, 0.3) is 0 Å². The van der Waals surface area contributed by atoms with Gasteiger partial charge >= 0.3 is 0 Å². The molecule has 0 amide bonds. The third kappa shape index (κ3) is 2.32. The van der Waals surface area contributed by atoms with Gasteiger partial charge in [0.25, 0.3) is 0 Å². The van der Waals surface area contributed by atoms with Gasteiger partial charge in [-0.3, -0.25) is 5.10 Å². The highest BCUT2D eigenvalue weighted by Crippen LogP contribution is 2.31. The first-order chi connectivity index (χ1) is 8.59. The second kappa shape index (κ2) is 4.87. The molecule has 0 aliphatic carbocycles. The highest BCUT2D eigenvalue weighted by molar-refractivity contribution is 5.70. The zero-order chi connectivity index (χ0) is 13.1. The molecule has 5 N–H and O–H groups in total. The molecule has 0 saturated heterocycles. The molecule has 0 saturated carbocycles. The summed E-state index contributed by atoms with van der Waals surface area (Å²) in [6, 6.07) is 7.84. The van der Waals surface area contributed by atoms with Crippen LogP contribution in [0.1, 0.15) is 25.3 Å². The van der Waals surface area contributed by atoms with Gasteiger partial charge in [0, 0.05) is 0 Å². The maximum atomic E-state index is 5.65. The fourth-order valence-corrected chi connectivity index (χ4v) is 1.64. The van der Waals surface area contributed by atoms with E-state index in [1.165, 1.54) is 0 Å². The number of aromatic amines is 1. The van der Waals surface area contributed by atoms with Crippen molar-refractivity contribution in [2.24, 2.45) is 10.2 Å². The van der Waals surface area contributed by atoms with Crippen LogP contribution in [0.2, 0.25) is 0 Å². The summed E-state index contributed by atoms with van der Waals surface area (Å²) in [5.41, 5.74) is 13.6. The second-order valence-corrected chi connectivity index (χ2v) is 4.28. The minimum atomic E-state index is 0.248. The molecule has 0 aliphatic heterocycles. The minimum Gasteiger partial charge on any atom is -0.382 e. The Balaban J connectivity index is 2.35. The first-order valence-electron chi connectivity index (χ1n) is 5.69. The highest BCUT2D eigenvalue weighted by Gasteiger charge is 2.08. The molecule has 0 unspecified atom stereocenters. The standard InChI is InChI=1S/C12H16N6/c1-7(2)8-5-3-4-6-9(8)15-16-10-11(13)17-18-12(10)14/h3-7H,1-2H3,(H5,13,14,17,18). The Hall–Kier alpha value is -2.37. The quantitative estimate of drug-likeness (QED) is 0.722. The summed E-state index contributed by atoms with van der Waals surface area (Å²) in [6.07, 6.45) is 0. The lowest BCUT2D eigenvalue weighted by Gasteiger charge is -2.07. The lowest BCUT2D eigenvalue weighted by molar-refractivity contribution is 0.864. The molecular formula is C12H16N6. The second-order valence-electron chi connectivity index (χ2n) is 4.28. The highest BCUT2D eigenvalue weighted by atomic mass is 15.2. The van der Waals surface area contributed by atoms with Crippen molar-refractivity contribution >= 4 is 23.0 Å². The fourth-order valence-electron chi connectivity index (χ4n) is 1.64. The molecule has 6 heteroatoms. The number of nitrogen functional groups attached to an aromatic ring is 2. The number of nitrogens with zero attached hydrogens (tertiary/aromatic N) is 3. The van der Waals surface area contributed by atoms with E-state index in [0.717, 1.165) is 11.3 Å². The van der Waals surface area contributed by atoms with E-state index in [0.29, 0.717) is 17.4 Å². The summed E-state index contributed by atoms with van der Waals surface area (Å²) in [5.74, 6) is 0.941. The van der Waals surface area contributed by atoms with Crippen molar-refractivity contribution in [3.8, 4) is 0 Å². The summed E-state index contributed by atoms with van der Waals surface area (Å²) in [4.78, 5) is 0. The fraction of sp³-hybridized carbons (Fsp3) is 0.250. The summed E-state index contributed by atoms with van der Waals surface area (Å²) in [5, 5.41) is 14.6. The van der Waals surface area contributed by atoms with Gasteiger partial charge in [-0.25, -0.2) is 0 Å². The molecule has 94 valence electrons. The Morgan fingerprint density at radius 1 is 1.17 bits per heavy atom. The lowest BCUT2D eigenvalue weighted by Crippen LogP contribution is -1.87. The molecule has 18 heavy (non-hydrogen) atoms. The van der Waals surface area contributed by atoms with Gasteiger partial charge < -0.3 is 11.5 Å². The van der Waals surface area contributed by atoms with Crippen LogP contribution in [0.4, 0.5) is 23.0 Å². The van der Waals surface area contributed by atoms with E-state index < -0.39 is 0 Å². The van der Waals surface area contributed by atoms with Crippen LogP contribution >= 0.6 is 0 Å². The largest absolute Gasteiger partial charge is 0.382 e. The normalized spacial score (nSPS) is 11.5. The lowest BCUT2D eigenvalue weighted by atomic mass is 10.0. The van der Waals surface area contributed by atoms with Crippen LogP contribution in [0.3, 0.4) is 0 Å². The zero-order valence-electron chi connectivity index (χ0n) is 10.4. The first-order valence-corrected chi connectivity index (χ1v) is 5.69. The number of anilines is 2. The van der Waals surface area contributed by atoms with Crippen molar-refractivity contribution in [1.29, 1.82) is 0 Å². The number of hydrogen-bond acceptors (Lipinski definition) is 5. The van der Waals surface area contributed by atoms with Crippen molar-refractivity contribution < 1.29 is 0 Å². The molecule has 0 bridgehead atoms. The van der Waals surface area contributed by atoms with Crippen LogP contribution in [0.15, 0.2) is 34.5 Å². The Morgan fingerprint density at radius 3 is 2.50 bits per heavy atom. The first kappa shape index (κ1) is 12.1. The number of nitrogens with two attached hydrogens (primary N) is 2. The van der Waals surface area contributed by atoms with E-state index >= 15 is 0 Å². The number of azo groups is 1. The zero-order valence-corrected chi connectivity index (χ0v) is 10.4. The Bertz CT molecular complexity index is 550. The SMILES string of the molecule is CC(C)c1ccccc1N=Nc1c(N)n[nH]c1N. The van der Waals surface area contributed by atoms with Crippen molar-refractivity contribution in [3.05, 3.63) is 29.8 Å². The molecule has 2 rings (SSSR count). The number of hydrogen-bond donors (Lipinski definition) is 3. The Labute approximate surface area is 105 Å². The summed E-state index contributed by atoms with van der Waals surface area (Å²) in [7, 11) is 0. The predicted octanol–water partition coefficient (Wildman–Crippen LogP) is 3.11. The van der Waals surface area contributed by atoms with Gasteiger partial charge in [-0.05, 0) is 17.5 Å². The smallest absolute Gasteiger partial charge is 0.175 e. The van der Waals surface area contributed by atoms with Crippen LogP contribution < -0.4 is 11.5 Å². The number of benzene rings is 1. The van der Waals surface area contributed by atoms with Gasteiger partial charge in [-0.15, -0.1) is 5.11 Å². The number of rotatable bonds is 3. The number of H-pyrrole nitrogens is 1. The van der Waals surface area contributed by atoms with E-state index in [-0.39, 0.29) is 5.82 Å². The van der Waals surface area contributed by atoms with Gasteiger partial charge in [0.1, 0.15) is 5.82 Å². The number of aromatic nitrogens is 2. The van der Waals surface area contributed by atoms with Crippen LogP contribution in [-0.2, 0) is 0 Å². The Morgan fingerprint density at radius 2 is 1.89 bits per heavy atom. The van der Waals surface area contributed by atoms with E-state index in [4.69, 9.17) is 11.5 Å². The molecule has 0 radical (unpaired) electrons.